The highest BCUT2D eigenvalue weighted by Crippen LogP contribution is 2.29. The average molecular weight is 339 g/mol. The van der Waals surface area contributed by atoms with Crippen LogP contribution in [0.3, 0.4) is 0 Å². The van der Waals surface area contributed by atoms with Crippen LogP contribution in [0, 0.1) is 13.8 Å². The first-order chi connectivity index (χ1) is 11.9. The molecule has 0 aliphatic rings. The molecule has 4 heteroatoms. The number of benzene rings is 2. The molecule has 0 radical (unpaired) electrons. The molecule has 0 aromatic heterocycles. The fourth-order valence-electron chi connectivity index (χ4n) is 2.37. The van der Waals surface area contributed by atoms with E-state index in [-0.39, 0.29) is 12.0 Å². The van der Waals surface area contributed by atoms with Crippen molar-refractivity contribution >= 4 is 17.7 Å². The molecule has 2 aromatic rings. The van der Waals surface area contributed by atoms with Gasteiger partial charge < -0.3 is 14.8 Å². The smallest absolute Gasteiger partial charge is 0.248 e. The number of aryl methyl sites for hydroxylation is 1. The lowest BCUT2D eigenvalue weighted by Crippen LogP contribution is -2.09. The molecule has 0 saturated heterocycles. The second-order valence-electron chi connectivity index (χ2n) is 6.15. The minimum atomic E-state index is -0.171. The highest BCUT2D eigenvalue weighted by atomic mass is 16.5. The van der Waals surface area contributed by atoms with Crippen LogP contribution in [-0.4, -0.2) is 19.1 Å². The lowest BCUT2D eigenvalue weighted by molar-refractivity contribution is -0.111. The van der Waals surface area contributed by atoms with Crippen LogP contribution in [0.15, 0.2) is 42.5 Å². The van der Waals surface area contributed by atoms with E-state index in [4.69, 9.17) is 9.47 Å². The highest BCUT2D eigenvalue weighted by molar-refractivity contribution is 6.02. The molecule has 0 bridgehead atoms. The minimum absolute atomic E-state index is 0.0682. The van der Waals surface area contributed by atoms with Crippen molar-refractivity contribution in [2.75, 3.05) is 12.4 Å². The third-order valence-corrected chi connectivity index (χ3v) is 3.84. The fraction of sp³-hybridized carbons (Fsp3) is 0.286. The molecular formula is C21H25NO3. The summed E-state index contributed by atoms with van der Waals surface area (Å²) in [7, 11) is 1.60. The summed E-state index contributed by atoms with van der Waals surface area (Å²) in [5, 5.41) is 2.91. The molecule has 25 heavy (non-hydrogen) atoms. The Morgan fingerprint density at radius 1 is 1.12 bits per heavy atom. The molecule has 132 valence electrons. The van der Waals surface area contributed by atoms with Crippen molar-refractivity contribution in [2.24, 2.45) is 0 Å². The van der Waals surface area contributed by atoms with Crippen molar-refractivity contribution < 1.29 is 14.3 Å². The SMILES string of the molecule is COc1cc(/C=C/C(=O)Nc2cccc(C)c2C)ccc1OC(C)C. The van der Waals surface area contributed by atoms with Gasteiger partial charge in [0.05, 0.1) is 13.2 Å². The number of amides is 1. The van der Waals surface area contributed by atoms with Gasteiger partial charge in [-0.05, 0) is 68.7 Å². The molecule has 1 amide bonds. The molecule has 0 fully saturated rings. The second-order valence-corrected chi connectivity index (χ2v) is 6.15. The Hall–Kier alpha value is -2.75. The van der Waals surface area contributed by atoms with Crippen LogP contribution in [0.25, 0.3) is 6.08 Å². The minimum Gasteiger partial charge on any atom is -0.493 e. The third-order valence-electron chi connectivity index (χ3n) is 3.84. The predicted octanol–water partition coefficient (Wildman–Crippen LogP) is 4.75. The van der Waals surface area contributed by atoms with Gasteiger partial charge in [-0.2, -0.15) is 0 Å². The number of carbonyl (C=O) groups excluding carboxylic acids is 1. The Morgan fingerprint density at radius 3 is 2.56 bits per heavy atom. The second kappa shape index (κ2) is 8.38. The Bertz CT molecular complexity index is 779. The van der Waals surface area contributed by atoms with E-state index in [0.717, 1.165) is 22.4 Å². The van der Waals surface area contributed by atoms with Gasteiger partial charge in [0.1, 0.15) is 0 Å². The van der Waals surface area contributed by atoms with E-state index in [1.54, 1.807) is 13.2 Å². The van der Waals surface area contributed by atoms with Crippen LogP contribution >= 0.6 is 0 Å². The van der Waals surface area contributed by atoms with Crippen LogP contribution in [0.2, 0.25) is 0 Å². The maximum absolute atomic E-state index is 12.2. The zero-order valence-electron chi connectivity index (χ0n) is 15.4. The monoisotopic (exact) mass is 339 g/mol. The number of anilines is 1. The summed E-state index contributed by atoms with van der Waals surface area (Å²) in [6.45, 7) is 7.94. The van der Waals surface area contributed by atoms with Crippen molar-refractivity contribution in [3.8, 4) is 11.5 Å². The number of rotatable bonds is 6. The Balaban J connectivity index is 2.10. The van der Waals surface area contributed by atoms with E-state index < -0.39 is 0 Å². The van der Waals surface area contributed by atoms with Gasteiger partial charge in [-0.25, -0.2) is 0 Å². The normalized spacial score (nSPS) is 11.0. The zero-order chi connectivity index (χ0) is 18.4. The zero-order valence-corrected chi connectivity index (χ0v) is 15.4. The first-order valence-corrected chi connectivity index (χ1v) is 8.30. The number of carbonyl (C=O) groups is 1. The van der Waals surface area contributed by atoms with Gasteiger partial charge in [0.25, 0.3) is 0 Å². The topological polar surface area (TPSA) is 47.6 Å². The van der Waals surface area contributed by atoms with Gasteiger partial charge in [-0.3, -0.25) is 4.79 Å². The van der Waals surface area contributed by atoms with E-state index in [1.165, 1.54) is 6.08 Å². The molecule has 4 nitrogen and oxygen atoms in total. The first-order valence-electron chi connectivity index (χ1n) is 8.30. The molecule has 0 heterocycles. The van der Waals surface area contributed by atoms with Crippen LogP contribution in [0.1, 0.15) is 30.5 Å². The highest BCUT2D eigenvalue weighted by Gasteiger charge is 2.07. The quantitative estimate of drug-likeness (QED) is 0.773. The van der Waals surface area contributed by atoms with E-state index in [9.17, 15) is 4.79 Å². The third kappa shape index (κ3) is 5.11. The average Bonchev–Trinajstić information content (AvgIpc) is 2.57. The van der Waals surface area contributed by atoms with Gasteiger partial charge in [0.15, 0.2) is 11.5 Å². The fourth-order valence-corrected chi connectivity index (χ4v) is 2.37. The van der Waals surface area contributed by atoms with Gasteiger partial charge in [-0.15, -0.1) is 0 Å². The first kappa shape index (κ1) is 18.6. The largest absolute Gasteiger partial charge is 0.493 e. The Labute approximate surface area is 149 Å². The molecule has 0 atom stereocenters. The van der Waals surface area contributed by atoms with Crippen molar-refractivity contribution in [1.29, 1.82) is 0 Å². The summed E-state index contributed by atoms with van der Waals surface area (Å²) in [6.07, 6.45) is 3.33. The number of methoxy groups -OCH3 is 1. The standard InChI is InChI=1S/C21H25NO3/c1-14(2)25-19-11-9-17(13-20(19)24-5)10-12-21(23)22-18-8-6-7-15(3)16(18)4/h6-14H,1-5H3,(H,22,23)/b12-10+. The Morgan fingerprint density at radius 2 is 1.88 bits per heavy atom. The van der Waals surface area contributed by atoms with Crippen molar-refractivity contribution in [1.82, 2.24) is 0 Å². The van der Waals surface area contributed by atoms with Crippen LogP contribution < -0.4 is 14.8 Å². The molecule has 0 aliphatic carbocycles. The molecular weight excluding hydrogens is 314 g/mol. The van der Waals surface area contributed by atoms with E-state index in [2.05, 4.69) is 5.32 Å². The van der Waals surface area contributed by atoms with Gasteiger partial charge in [0.2, 0.25) is 5.91 Å². The number of hydrogen-bond donors (Lipinski definition) is 1. The molecule has 1 N–H and O–H groups in total. The summed E-state index contributed by atoms with van der Waals surface area (Å²) in [6, 6.07) is 11.4. The van der Waals surface area contributed by atoms with Crippen LogP contribution in [0.4, 0.5) is 5.69 Å². The van der Waals surface area contributed by atoms with Crippen molar-refractivity contribution in [2.45, 2.75) is 33.8 Å². The summed E-state index contributed by atoms with van der Waals surface area (Å²) in [5.74, 6) is 1.16. The van der Waals surface area contributed by atoms with E-state index in [1.807, 2.05) is 64.1 Å². The van der Waals surface area contributed by atoms with E-state index in [0.29, 0.717) is 11.5 Å². The van der Waals surface area contributed by atoms with Crippen molar-refractivity contribution in [3.63, 3.8) is 0 Å². The maximum atomic E-state index is 12.2. The summed E-state index contributed by atoms with van der Waals surface area (Å²) in [5.41, 5.74) is 3.91. The van der Waals surface area contributed by atoms with Gasteiger partial charge in [-0.1, -0.05) is 18.2 Å². The van der Waals surface area contributed by atoms with Crippen LogP contribution in [-0.2, 0) is 4.79 Å². The van der Waals surface area contributed by atoms with Gasteiger partial charge >= 0.3 is 0 Å². The predicted molar refractivity (Wildman–Crippen MR) is 102 cm³/mol. The van der Waals surface area contributed by atoms with Crippen molar-refractivity contribution in [3.05, 3.63) is 59.2 Å². The van der Waals surface area contributed by atoms with Crippen LogP contribution in [0.5, 0.6) is 11.5 Å². The lowest BCUT2D eigenvalue weighted by Gasteiger charge is -2.13. The summed E-state index contributed by atoms with van der Waals surface area (Å²) in [4.78, 5) is 12.2. The molecule has 0 aliphatic heterocycles. The summed E-state index contributed by atoms with van der Waals surface area (Å²) < 4.78 is 11.1. The molecule has 0 unspecified atom stereocenters. The lowest BCUT2D eigenvalue weighted by atomic mass is 10.1. The molecule has 2 aromatic carbocycles. The number of nitrogens with one attached hydrogen (secondary N) is 1. The number of hydrogen-bond acceptors (Lipinski definition) is 3. The van der Waals surface area contributed by atoms with Gasteiger partial charge in [0, 0.05) is 11.8 Å². The summed E-state index contributed by atoms with van der Waals surface area (Å²) >= 11 is 0. The molecule has 0 spiro atoms. The molecule has 0 saturated carbocycles. The van der Waals surface area contributed by atoms with E-state index >= 15 is 0 Å². The Kier molecular flexibility index (Phi) is 6.23. The maximum Gasteiger partial charge on any atom is 0.248 e. The number of ether oxygens (including phenoxy) is 2. The molecule has 2 rings (SSSR count).